The van der Waals surface area contributed by atoms with Crippen molar-refractivity contribution in [3.05, 3.63) is 12.3 Å². The van der Waals surface area contributed by atoms with Gasteiger partial charge in [-0.25, -0.2) is 0 Å². The second-order valence-electron chi connectivity index (χ2n) is 3.35. The van der Waals surface area contributed by atoms with E-state index in [2.05, 4.69) is 16.8 Å². The van der Waals surface area contributed by atoms with Gasteiger partial charge in [-0.3, -0.25) is 10.7 Å². The summed E-state index contributed by atoms with van der Waals surface area (Å²) >= 11 is 0. The Hall–Kier alpha value is -0.830. The zero-order chi connectivity index (χ0) is 9.52. The third kappa shape index (κ3) is 3.59. The van der Waals surface area contributed by atoms with Crippen LogP contribution < -0.4 is 5.73 Å². The topological polar surface area (TPSA) is 41.6 Å². The second kappa shape index (κ2) is 5.75. The van der Waals surface area contributed by atoms with Crippen molar-refractivity contribution >= 4 is 6.21 Å². The van der Waals surface area contributed by atoms with Gasteiger partial charge < -0.3 is 4.90 Å². The summed E-state index contributed by atoms with van der Waals surface area (Å²) in [5.74, 6) is 0. The molecule has 3 heteroatoms. The standard InChI is InChI=1S/C10H19N3/c1-2-3-4-5-8-13-9-6-7-12-10(13)11/h6-7,9-10H,2-5,8,11H2,1H3. The minimum Gasteiger partial charge on any atom is -0.344 e. The van der Waals surface area contributed by atoms with Gasteiger partial charge >= 0.3 is 0 Å². The number of hydrogen-bond donors (Lipinski definition) is 1. The molecule has 1 aliphatic heterocycles. The molecule has 74 valence electrons. The van der Waals surface area contributed by atoms with E-state index in [1.165, 1.54) is 25.7 Å². The first-order valence-electron chi connectivity index (χ1n) is 5.06. The van der Waals surface area contributed by atoms with Crippen molar-refractivity contribution < 1.29 is 0 Å². The number of unbranched alkanes of at least 4 members (excludes halogenated alkanes) is 3. The zero-order valence-corrected chi connectivity index (χ0v) is 8.32. The third-order valence-corrected chi connectivity index (χ3v) is 2.21. The first kappa shape index (κ1) is 10.3. The SMILES string of the molecule is CCCCCCN1C=CC=NC1N. The largest absolute Gasteiger partial charge is 0.344 e. The number of nitrogens with two attached hydrogens (primary N) is 1. The van der Waals surface area contributed by atoms with Crippen LogP contribution in [0.25, 0.3) is 0 Å². The van der Waals surface area contributed by atoms with E-state index in [9.17, 15) is 0 Å². The molecule has 13 heavy (non-hydrogen) atoms. The summed E-state index contributed by atoms with van der Waals surface area (Å²) in [7, 11) is 0. The van der Waals surface area contributed by atoms with Crippen LogP contribution in [0.3, 0.4) is 0 Å². The summed E-state index contributed by atoms with van der Waals surface area (Å²) in [5, 5.41) is 0. The molecule has 0 fully saturated rings. The Morgan fingerprint density at radius 1 is 1.38 bits per heavy atom. The average molecular weight is 181 g/mol. The highest BCUT2D eigenvalue weighted by Gasteiger charge is 2.08. The number of nitrogens with zero attached hydrogens (tertiary/aromatic N) is 2. The molecule has 1 atom stereocenters. The van der Waals surface area contributed by atoms with E-state index in [1.54, 1.807) is 6.21 Å². The molecule has 0 aromatic heterocycles. The Labute approximate surface area is 80.3 Å². The quantitative estimate of drug-likeness (QED) is 0.656. The average Bonchev–Trinajstić information content (AvgIpc) is 2.15. The van der Waals surface area contributed by atoms with Gasteiger partial charge in [0.1, 0.15) is 0 Å². The fraction of sp³-hybridized carbons (Fsp3) is 0.700. The fourth-order valence-corrected chi connectivity index (χ4v) is 1.39. The van der Waals surface area contributed by atoms with Crippen molar-refractivity contribution in [2.75, 3.05) is 6.54 Å². The molecule has 0 amide bonds. The van der Waals surface area contributed by atoms with E-state index in [1.807, 2.05) is 12.3 Å². The van der Waals surface area contributed by atoms with Gasteiger partial charge in [0, 0.05) is 19.0 Å². The van der Waals surface area contributed by atoms with Crippen LogP contribution in [0.2, 0.25) is 0 Å². The molecule has 2 N–H and O–H groups in total. The monoisotopic (exact) mass is 181 g/mol. The predicted molar refractivity (Wildman–Crippen MR) is 56.5 cm³/mol. The molecule has 1 rings (SSSR count). The molecule has 3 nitrogen and oxygen atoms in total. The molecule has 1 heterocycles. The molecule has 1 aliphatic rings. The van der Waals surface area contributed by atoms with Crippen molar-refractivity contribution in [1.29, 1.82) is 0 Å². The summed E-state index contributed by atoms with van der Waals surface area (Å²) in [6.45, 7) is 3.24. The summed E-state index contributed by atoms with van der Waals surface area (Å²) < 4.78 is 0. The first-order valence-corrected chi connectivity index (χ1v) is 5.06. The molecular weight excluding hydrogens is 162 g/mol. The van der Waals surface area contributed by atoms with E-state index in [0.29, 0.717) is 0 Å². The smallest absolute Gasteiger partial charge is 0.173 e. The van der Waals surface area contributed by atoms with E-state index in [4.69, 9.17) is 5.73 Å². The van der Waals surface area contributed by atoms with Crippen molar-refractivity contribution in [3.63, 3.8) is 0 Å². The Kier molecular flexibility index (Phi) is 4.54. The van der Waals surface area contributed by atoms with E-state index in [0.717, 1.165) is 6.54 Å². The van der Waals surface area contributed by atoms with Crippen molar-refractivity contribution in [2.24, 2.45) is 10.7 Å². The van der Waals surface area contributed by atoms with Gasteiger partial charge in [-0.2, -0.15) is 0 Å². The highest BCUT2D eigenvalue weighted by atomic mass is 15.3. The van der Waals surface area contributed by atoms with Gasteiger partial charge in [0.2, 0.25) is 0 Å². The number of hydrogen-bond acceptors (Lipinski definition) is 3. The molecule has 0 bridgehead atoms. The number of rotatable bonds is 5. The predicted octanol–water partition coefficient (Wildman–Crippen LogP) is 1.71. The third-order valence-electron chi connectivity index (χ3n) is 2.21. The summed E-state index contributed by atoms with van der Waals surface area (Å²) in [6, 6.07) is 0. The summed E-state index contributed by atoms with van der Waals surface area (Å²) in [6.07, 6.45) is 10.6. The van der Waals surface area contributed by atoms with Gasteiger partial charge in [0.25, 0.3) is 0 Å². The maximum atomic E-state index is 5.77. The van der Waals surface area contributed by atoms with Crippen LogP contribution in [-0.4, -0.2) is 23.9 Å². The normalized spacial score (nSPS) is 21.1. The lowest BCUT2D eigenvalue weighted by molar-refractivity contribution is 0.280. The molecule has 0 spiro atoms. The minimum atomic E-state index is -0.161. The molecule has 0 aliphatic carbocycles. The van der Waals surface area contributed by atoms with Crippen LogP contribution in [0.1, 0.15) is 32.6 Å². The lowest BCUT2D eigenvalue weighted by Gasteiger charge is -2.26. The Balaban J connectivity index is 2.14. The molecule has 0 saturated heterocycles. The Morgan fingerprint density at radius 3 is 2.92 bits per heavy atom. The van der Waals surface area contributed by atoms with Crippen LogP contribution >= 0.6 is 0 Å². The lowest BCUT2D eigenvalue weighted by atomic mass is 10.2. The van der Waals surface area contributed by atoms with Gasteiger partial charge in [-0.1, -0.05) is 26.2 Å². The van der Waals surface area contributed by atoms with Gasteiger partial charge in [-0.15, -0.1) is 0 Å². The van der Waals surface area contributed by atoms with Gasteiger partial charge in [-0.05, 0) is 12.5 Å². The fourth-order valence-electron chi connectivity index (χ4n) is 1.39. The van der Waals surface area contributed by atoms with Crippen molar-refractivity contribution in [2.45, 2.75) is 38.9 Å². The van der Waals surface area contributed by atoms with Crippen LogP contribution in [-0.2, 0) is 0 Å². The van der Waals surface area contributed by atoms with E-state index in [-0.39, 0.29) is 6.29 Å². The van der Waals surface area contributed by atoms with Gasteiger partial charge in [0.05, 0.1) is 0 Å². The second-order valence-corrected chi connectivity index (χ2v) is 3.35. The minimum absolute atomic E-state index is 0.161. The van der Waals surface area contributed by atoms with E-state index < -0.39 is 0 Å². The molecule has 0 aromatic rings. The van der Waals surface area contributed by atoms with Gasteiger partial charge in [0.15, 0.2) is 6.29 Å². The summed E-state index contributed by atoms with van der Waals surface area (Å²) in [4.78, 5) is 6.18. The van der Waals surface area contributed by atoms with Crippen LogP contribution in [0.15, 0.2) is 17.3 Å². The molecular formula is C10H19N3. The molecule has 0 aromatic carbocycles. The van der Waals surface area contributed by atoms with Crippen molar-refractivity contribution in [1.82, 2.24) is 4.90 Å². The Bertz CT molecular complexity index is 187. The zero-order valence-electron chi connectivity index (χ0n) is 8.32. The maximum Gasteiger partial charge on any atom is 0.173 e. The van der Waals surface area contributed by atoms with Crippen LogP contribution in [0.5, 0.6) is 0 Å². The molecule has 0 radical (unpaired) electrons. The first-order chi connectivity index (χ1) is 6.34. The van der Waals surface area contributed by atoms with E-state index >= 15 is 0 Å². The Morgan fingerprint density at radius 2 is 2.23 bits per heavy atom. The summed E-state index contributed by atoms with van der Waals surface area (Å²) in [5.41, 5.74) is 5.77. The number of aliphatic imine (C=N–C) groups is 1. The molecule has 1 unspecified atom stereocenters. The molecule has 0 saturated carbocycles. The highest BCUT2D eigenvalue weighted by Crippen LogP contribution is 2.05. The van der Waals surface area contributed by atoms with Crippen LogP contribution in [0.4, 0.5) is 0 Å². The number of allylic oxidation sites excluding steroid dienone is 1. The van der Waals surface area contributed by atoms with Crippen molar-refractivity contribution in [3.8, 4) is 0 Å². The maximum absolute atomic E-state index is 5.77. The lowest BCUT2D eigenvalue weighted by Crippen LogP contribution is -2.38. The van der Waals surface area contributed by atoms with Crippen LogP contribution in [0, 0.1) is 0 Å². The highest BCUT2D eigenvalue weighted by molar-refractivity contribution is 5.71.